The first-order valence-corrected chi connectivity index (χ1v) is 7.24. The van der Waals surface area contributed by atoms with Gasteiger partial charge in [0.25, 0.3) is 5.91 Å². The Kier molecular flexibility index (Phi) is 5.78. The highest BCUT2D eigenvalue weighted by Gasteiger charge is 2.19. The molecular formula is C14H10Cl2N2O6. The van der Waals surface area contributed by atoms with Crippen molar-refractivity contribution in [1.82, 2.24) is 5.32 Å². The molecule has 24 heavy (non-hydrogen) atoms. The fourth-order valence-corrected chi connectivity index (χ4v) is 2.12. The van der Waals surface area contributed by atoms with E-state index >= 15 is 0 Å². The van der Waals surface area contributed by atoms with E-state index in [1.807, 2.05) is 0 Å². The molecule has 0 fully saturated rings. The summed E-state index contributed by atoms with van der Waals surface area (Å²) in [6.45, 7) is -0.447. The highest BCUT2D eigenvalue weighted by Crippen LogP contribution is 2.20. The molecule has 1 amide bonds. The Hall–Kier alpha value is -2.58. The van der Waals surface area contributed by atoms with Gasteiger partial charge in [-0.2, -0.15) is 0 Å². The lowest BCUT2D eigenvalue weighted by Crippen LogP contribution is -2.28. The molecule has 0 aliphatic carbocycles. The number of nitrogens with zero attached hydrogens (tertiary/aromatic N) is 1. The van der Waals surface area contributed by atoms with Crippen LogP contribution in [-0.2, 0) is 16.1 Å². The fourth-order valence-electron chi connectivity index (χ4n) is 1.65. The van der Waals surface area contributed by atoms with Crippen molar-refractivity contribution in [2.24, 2.45) is 0 Å². The van der Waals surface area contributed by atoms with Crippen molar-refractivity contribution in [1.29, 1.82) is 0 Å². The Morgan fingerprint density at radius 1 is 1.25 bits per heavy atom. The van der Waals surface area contributed by atoms with Gasteiger partial charge in [0.05, 0.1) is 6.07 Å². The zero-order valence-electron chi connectivity index (χ0n) is 12.0. The predicted molar refractivity (Wildman–Crippen MR) is 84.0 cm³/mol. The highest BCUT2D eigenvalue weighted by atomic mass is 35.5. The van der Waals surface area contributed by atoms with E-state index in [0.29, 0.717) is 15.6 Å². The van der Waals surface area contributed by atoms with E-state index in [1.165, 1.54) is 6.07 Å². The van der Waals surface area contributed by atoms with Gasteiger partial charge in [-0.1, -0.05) is 29.3 Å². The molecule has 0 atom stereocenters. The molecule has 0 aliphatic rings. The van der Waals surface area contributed by atoms with Crippen molar-refractivity contribution < 1.29 is 23.7 Å². The van der Waals surface area contributed by atoms with E-state index in [0.717, 1.165) is 12.1 Å². The normalized spacial score (nSPS) is 10.2. The first kappa shape index (κ1) is 17.8. The molecule has 0 aliphatic heterocycles. The number of esters is 1. The quantitative estimate of drug-likeness (QED) is 0.473. The number of rotatable bonds is 6. The minimum absolute atomic E-state index is 0.124. The van der Waals surface area contributed by atoms with Crippen molar-refractivity contribution in [2.75, 3.05) is 6.61 Å². The van der Waals surface area contributed by atoms with Crippen molar-refractivity contribution in [3.8, 4) is 0 Å². The lowest BCUT2D eigenvalue weighted by molar-refractivity contribution is -0.402. The molecule has 0 saturated carbocycles. The predicted octanol–water partition coefficient (Wildman–Crippen LogP) is 2.97. The van der Waals surface area contributed by atoms with Gasteiger partial charge in [-0.25, -0.2) is 4.79 Å². The molecule has 1 aromatic heterocycles. The van der Waals surface area contributed by atoms with Crippen LogP contribution in [0.3, 0.4) is 0 Å². The number of furan rings is 1. The molecular weight excluding hydrogens is 363 g/mol. The summed E-state index contributed by atoms with van der Waals surface area (Å²) in [7, 11) is 0. The molecule has 126 valence electrons. The summed E-state index contributed by atoms with van der Waals surface area (Å²) < 4.78 is 9.36. The van der Waals surface area contributed by atoms with Gasteiger partial charge in [-0.3, -0.25) is 14.9 Å². The number of benzene rings is 1. The number of carbonyl (C=O) groups is 2. The summed E-state index contributed by atoms with van der Waals surface area (Å²) in [6.07, 6.45) is 0. The third-order valence-electron chi connectivity index (χ3n) is 2.80. The number of ether oxygens (including phenoxy) is 1. The van der Waals surface area contributed by atoms with Crippen molar-refractivity contribution in [3.63, 3.8) is 0 Å². The molecule has 2 rings (SSSR count). The number of amides is 1. The number of halogens is 2. The first-order valence-electron chi connectivity index (χ1n) is 6.49. The van der Waals surface area contributed by atoms with Gasteiger partial charge in [0.2, 0.25) is 5.76 Å². The van der Waals surface area contributed by atoms with Gasteiger partial charge in [0.1, 0.15) is 4.92 Å². The number of hydrogen-bond acceptors (Lipinski definition) is 6. The Morgan fingerprint density at radius 3 is 2.62 bits per heavy atom. The molecule has 0 radical (unpaired) electrons. The standard InChI is InChI=1S/C14H10Cl2N2O6/c15-9-2-1-8(10(16)5-9)6-17-12(19)7-23-14(20)11-3-4-13(24-11)18(21)22/h1-5H,6-7H2,(H,17,19). The number of nitrogens with one attached hydrogen (secondary N) is 1. The minimum Gasteiger partial charge on any atom is -0.450 e. The smallest absolute Gasteiger partial charge is 0.433 e. The Bertz CT molecular complexity index is 789. The Labute approximate surface area is 145 Å². The van der Waals surface area contributed by atoms with E-state index in [2.05, 4.69) is 9.73 Å². The van der Waals surface area contributed by atoms with Gasteiger partial charge in [-0.15, -0.1) is 0 Å². The first-order chi connectivity index (χ1) is 11.4. The summed E-state index contributed by atoms with van der Waals surface area (Å²) in [6, 6.07) is 6.91. The van der Waals surface area contributed by atoms with Crippen LogP contribution in [0, 0.1) is 10.1 Å². The second-order valence-corrected chi connectivity index (χ2v) is 5.33. The molecule has 1 aromatic carbocycles. The van der Waals surface area contributed by atoms with Crippen LogP contribution in [0.1, 0.15) is 16.1 Å². The number of carbonyl (C=O) groups excluding carboxylic acids is 2. The molecule has 0 bridgehead atoms. The number of nitro groups is 1. The SMILES string of the molecule is O=C(COC(=O)c1ccc([N+](=O)[O-])o1)NCc1ccc(Cl)cc1Cl. The van der Waals surface area contributed by atoms with E-state index in [-0.39, 0.29) is 12.3 Å². The number of hydrogen-bond donors (Lipinski definition) is 1. The average Bonchev–Trinajstić information content (AvgIpc) is 3.02. The molecule has 8 nitrogen and oxygen atoms in total. The summed E-state index contributed by atoms with van der Waals surface area (Å²) in [5.41, 5.74) is 0.641. The van der Waals surface area contributed by atoms with Crippen molar-refractivity contribution in [2.45, 2.75) is 6.54 Å². The zero-order valence-corrected chi connectivity index (χ0v) is 13.5. The van der Waals surface area contributed by atoms with Crippen molar-refractivity contribution >= 4 is 41.0 Å². The van der Waals surface area contributed by atoms with E-state index in [4.69, 9.17) is 27.9 Å². The lowest BCUT2D eigenvalue weighted by Gasteiger charge is -2.07. The molecule has 0 saturated heterocycles. The van der Waals surface area contributed by atoms with Crippen LogP contribution in [0.5, 0.6) is 0 Å². The molecule has 1 heterocycles. The third kappa shape index (κ3) is 4.71. The largest absolute Gasteiger partial charge is 0.450 e. The maximum absolute atomic E-state index is 11.6. The zero-order chi connectivity index (χ0) is 17.7. The topological polar surface area (TPSA) is 112 Å². The summed E-state index contributed by atoms with van der Waals surface area (Å²) in [5.74, 6) is -2.52. The maximum atomic E-state index is 11.6. The van der Waals surface area contributed by atoms with Crippen LogP contribution in [-0.4, -0.2) is 23.4 Å². The van der Waals surface area contributed by atoms with Crippen LogP contribution in [0.2, 0.25) is 10.0 Å². The highest BCUT2D eigenvalue weighted by molar-refractivity contribution is 6.35. The van der Waals surface area contributed by atoms with E-state index in [1.54, 1.807) is 12.1 Å². The van der Waals surface area contributed by atoms with Crippen LogP contribution < -0.4 is 5.32 Å². The van der Waals surface area contributed by atoms with Gasteiger partial charge < -0.3 is 14.5 Å². The summed E-state index contributed by atoms with van der Waals surface area (Å²) in [5, 5.41) is 13.8. The second-order valence-electron chi connectivity index (χ2n) is 4.48. The van der Waals surface area contributed by atoms with Gasteiger partial charge in [0.15, 0.2) is 6.61 Å². The van der Waals surface area contributed by atoms with E-state index in [9.17, 15) is 19.7 Å². The van der Waals surface area contributed by atoms with Crippen molar-refractivity contribution in [3.05, 3.63) is 61.8 Å². The fraction of sp³-hybridized carbons (Fsp3) is 0.143. The Balaban J connectivity index is 1.82. The third-order valence-corrected chi connectivity index (χ3v) is 3.39. The molecule has 10 heteroatoms. The van der Waals surface area contributed by atoms with Crippen LogP contribution in [0.4, 0.5) is 5.88 Å². The molecule has 0 unspecified atom stereocenters. The average molecular weight is 373 g/mol. The van der Waals surface area contributed by atoms with Gasteiger partial charge >= 0.3 is 11.9 Å². The molecule has 2 aromatic rings. The summed E-state index contributed by atoms with van der Waals surface area (Å²) in [4.78, 5) is 32.9. The second kappa shape index (κ2) is 7.80. The maximum Gasteiger partial charge on any atom is 0.433 e. The summed E-state index contributed by atoms with van der Waals surface area (Å²) >= 11 is 11.7. The van der Waals surface area contributed by atoms with Gasteiger partial charge in [0, 0.05) is 16.6 Å². The monoisotopic (exact) mass is 372 g/mol. The molecule has 0 spiro atoms. The minimum atomic E-state index is -0.984. The van der Waals surface area contributed by atoms with Crippen LogP contribution in [0.25, 0.3) is 0 Å². The van der Waals surface area contributed by atoms with Crippen LogP contribution in [0.15, 0.2) is 34.7 Å². The Morgan fingerprint density at radius 2 is 2.00 bits per heavy atom. The van der Waals surface area contributed by atoms with E-state index < -0.39 is 29.3 Å². The lowest BCUT2D eigenvalue weighted by atomic mass is 10.2. The van der Waals surface area contributed by atoms with Crippen LogP contribution >= 0.6 is 23.2 Å². The van der Waals surface area contributed by atoms with Gasteiger partial charge in [-0.05, 0) is 23.8 Å². The molecule has 1 N–H and O–H groups in total.